The molecule has 1 amide bonds. The lowest BCUT2D eigenvalue weighted by atomic mass is 9.94. The van der Waals surface area contributed by atoms with Gasteiger partial charge in [0.1, 0.15) is 0 Å². The fourth-order valence-corrected chi connectivity index (χ4v) is 4.35. The van der Waals surface area contributed by atoms with Crippen LogP contribution in [0.3, 0.4) is 0 Å². The number of piperazine rings is 1. The molecule has 5 heteroatoms. The summed E-state index contributed by atoms with van der Waals surface area (Å²) in [5, 5.41) is 8.90. The maximum absolute atomic E-state index is 12.9. The number of rotatable bonds is 5. The zero-order valence-corrected chi connectivity index (χ0v) is 16.7. The van der Waals surface area contributed by atoms with E-state index in [0.29, 0.717) is 11.6 Å². The van der Waals surface area contributed by atoms with Crippen molar-refractivity contribution in [2.75, 3.05) is 33.2 Å². The lowest BCUT2D eigenvalue weighted by molar-refractivity contribution is -0.138. The van der Waals surface area contributed by atoms with Crippen LogP contribution < -0.4 is 0 Å². The highest BCUT2D eigenvalue weighted by Gasteiger charge is 2.30. The number of nitrogens with zero attached hydrogens (tertiary/aromatic N) is 4. The van der Waals surface area contributed by atoms with Gasteiger partial charge in [0.15, 0.2) is 0 Å². The molecule has 2 fully saturated rings. The number of carbonyl (C=O) groups is 1. The average Bonchev–Trinajstić information content (AvgIpc) is 2.74. The summed E-state index contributed by atoms with van der Waals surface area (Å²) in [5.41, 5.74) is 1.95. The molecule has 0 bridgehead atoms. The predicted octanol–water partition coefficient (Wildman–Crippen LogP) is 2.86. The Morgan fingerprint density at radius 3 is 2.37 bits per heavy atom. The van der Waals surface area contributed by atoms with Gasteiger partial charge in [-0.25, -0.2) is 0 Å². The van der Waals surface area contributed by atoms with Crippen LogP contribution in [0.2, 0.25) is 0 Å². The standard InChI is InChI=1S/C22H32N4O/c1-18(22(27)24(2)21-6-4-3-5-7-21)26-14-12-25(13-15-26)17-20-10-8-19(16-23)9-11-20/h8-11,18,21H,3-7,12-15,17H2,1-2H3/t18-/m0/s1. The van der Waals surface area contributed by atoms with Crippen molar-refractivity contribution in [2.24, 2.45) is 0 Å². The maximum Gasteiger partial charge on any atom is 0.239 e. The minimum Gasteiger partial charge on any atom is -0.341 e. The summed E-state index contributed by atoms with van der Waals surface area (Å²) in [4.78, 5) is 19.7. The summed E-state index contributed by atoms with van der Waals surface area (Å²) in [6, 6.07) is 10.4. The maximum atomic E-state index is 12.9. The second-order valence-corrected chi connectivity index (χ2v) is 8.04. The van der Waals surface area contributed by atoms with Crippen LogP contribution in [0.25, 0.3) is 0 Å². The topological polar surface area (TPSA) is 50.6 Å². The van der Waals surface area contributed by atoms with E-state index in [1.165, 1.54) is 24.8 Å². The normalized spacial score (nSPS) is 20.8. The Kier molecular flexibility index (Phi) is 6.87. The molecule has 0 spiro atoms. The largest absolute Gasteiger partial charge is 0.341 e. The molecule has 1 saturated carbocycles. The van der Waals surface area contributed by atoms with Crippen molar-refractivity contribution in [3.05, 3.63) is 35.4 Å². The SMILES string of the molecule is C[C@@H](C(=O)N(C)C1CCCCC1)N1CCN(Cc2ccc(C#N)cc2)CC1. The molecule has 0 aromatic heterocycles. The number of nitriles is 1. The Labute approximate surface area is 163 Å². The van der Waals surface area contributed by atoms with Crippen molar-refractivity contribution < 1.29 is 4.79 Å². The lowest BCUT2D eigenvalue weighted by Crippen LogP contribution is -2.55. The molecule has 0 radical (unpaired) electrons. The van der Waals surface area contributed by atoms with Gasteiger partial charge < -0.3 is 4.90 Å². The molecule has 3 rings (SSSR count). The molecule has 27 heavy (non-hydrogen) atoms. The smallest absolute Gasteiger partial charge is 0.239 e. The first-order chi connectivity index (χ1) is 13.1. The number of carbonyl (C=O) groups excluding carboxylic acids is 1. The number of hydrogen-bond donors (Lipinski definition) is 0. The number of likely N-dealkylation sites (N-methyl/N-ethyl adjacent to an activating group) is 1. The minimum absolute atomic E-state index is 0.0333. The summed E-state index contributed by atoms with van der Waals surface area (Å²) in [6.07, 6.45) is 6.14. The zero-order chi connectivity index (χ0) is 19.2. The molecule has 5 nitrogen and oxygen atoms in total. The van der Waals surface area contributed by atoms with Crippen LogP contribution in [0.15, 0.2) is 24.3 Å². The van der Waals surface area contributed by atoms with Crippen molar-refractivity contribution in [1.82, 2.24) is 14.7 Å². The van der Waals surface area contributed by atoms with Gasteiger partial charge in [-0.3, -0.25) is 14.6 Å². The van der Waals surface area contributed by atoms with E-state index in [0.717, 1.165) is 45.6 Å². The molecule has 1 saturated heterocycles. The van der Waals surface area contributed by atoms with E-state index < -0.39 is 0 Å². The summed E-state index contributed by atoms with van der Waals surface area (Å²) >= 11 is 0. The Balaban J connectivity index is 1.47. The number of amides is 1. The Morgan fingerprint density at radius 1 is 1.15 bits per heavy atom. The molecule has 1 heterocycles. The Morgan fingerprint density at radius 2 is 1.78 bits per heavy atom. The van der Waals surface area contributed by atoms with Crippen molar-refractivity contribution in [2.45, 2.75) is 57.7 Å². The molecule has 1 aromatic carbocycles. The molecule has 0 unspecified atom stereocenters. The van der Waals surface area contributed by atoms with Gasteiger partial charge in [0.25, 0.3) is 0 Å². The molecule has 1 atom stereocenters. The van der Waals surface area contributed by atoms with Crippen molar-refractivity contribution >= 4 is 5.91 Å². The van der Waals surface area contributed by atoms with Gasteiger partial charge in [-0.2, -0.15) is 5.26 Å². The monoisotopic (exact) mass is 368 g/mol. The van der Waals surface area contributed by atoms with Gasteiger partial charge in [0, 0.05) is 45.8 Å². The Bertz CT molecular complexity index is 652. The number of benzene rings is 1. The molecule has 2 aliphatic rings. The minimum atomic E-state index is -0.0333. The summed E-state index contributed by atoms with van der Waals surface area (Å²) in [5.74, 6) is 0.280. The van der Waals surface area contributed by atoms with E-state index in [-0.39, 0.29) is 11.9 Å². The summed E-state index contributed by atoms with van der Waals surface area (Å²) in [6.45, 7) is 6.79. The zero-order valence-electron chi connectivity index (χ0n) is 16.7. The summed E-state index contributed by atoms with van der Waals surface area (Å²) in [7, 11) is 2.00. The van der Waals surface area contributed by atoms with Crippen LogP contribution in [0, 0.1) is 11.3 Å². The molecular weight excluding hydrogens is 336 g/mol. The van der Waals surface area contributed by atoms with Crippen molar-refractivity contribution in [3.8, 4) is 6.07 Å². The number of hydrogen-bond acceptors (Lipinski definition) is 4. The molecule has 1 aliphatic heterocycles. The van der Waals surface area contributed by atoms with E-state index in [1.807, 2.05) is 36.2 Å². The highest BCUT2D eigenvalue weighted by atomic mass is 16.2. The van der Waals surface area contributed by atoms with Crippen LogP contribution in [0.4, 0.5) is 0 Å². The molecular formula is C22H32N4O. The predicted molar refractivity (Wildman–Crippen MR) is 107 cm³/mol. The van der Waals surface area contributed by atoms with Crippen molar-refractivity contribution in [1.29, 1.82) is 5.26 Å². The van der Waals surface area contributed by atoms with Crippen LogP contribution in [0.1, 0.15) is 50.2 Å². The van der Waals surface area contributed by atoms with Crippen LogP contribution >= 0.6 is 0 Å². The van der Waals surface area contributed by atoms with E-state index in [2.05, 4.69) is 22.8 Å². The fourth-order valence-electron chi connectivity index (χ4n) is 4.35. The fraction of sp³-hybridized carbons (Fsp3) is 0.636. The van der Waals surface area contributed by atoms with Gasteiger partial charge in [-0.05, 0) is 37.5 Å². The third kappa shape index (κ3) is 5.09. The van der Waals surface area contributed by atoms with Gasteiger partial charge in [-0.15, -0.1) is 0 Å². The molecule has 1 aliphatic carbocycles. The van der Waals surface area contributed by atoms with Crippen LogP contribution in [-0.4, -0.2) is 65.9 Å². The first kappa shape index (κ1) is 19.9. The third-order valence-corrected chi connectivity index (χ3v) is 6.27. The Hall–Kier alpha value is -1.90. The molecule has 0 N–H and O–H groups in total. The third-order valence-electron chi connectivity index (χ3n) is 6.27. The highest BCUT2D eigenvalue weighted by molar-refractivity contribution is 5.81. The van der Waals surface area contributed by atoms with E-state index >= 15 is 0 Å². The van der Waals surface area contributed by atoms with Gasteiger partial charge in [0.2, 0.25) is 5.91 Å². The highest BCUT2D eigenvalue weighted by Crippen LogP contribution is 2.23. The first-order valence-electron chi connectivity index (χ1n) is 10.3. The average molecular weight is 369 g/mol. The molecule has 1 aromatic rings. The van der Waals surface area contributed by atoms with Gasteiger partial charge in [0.05, 0.1) is 17.7 Å². The quantitative estimate of drug-likeness (QED) is 0.802. The molecule has 146 valence electrons. The van der Waals surface area contributed by atoms with E-state index in [9.17, 15) is 4.79 Å². The first-order valence-corrected chi connectivity index (χ1v) is 10.3. The van der Waals surface area contributed by atoms with Gasteiger partial charge in [-0.1, -0.05) is 31.4 Å². The van der Waals surface area contributed by atoms with E-state index in [4.69, 9.17) is 5.26 Å². The van der Waals surface area contributed by atoms with E-state index in [1.54, 1.807) is 0 Å². The second kappa shape index (κ2) is 9.34. The second-order valence-electron chi connectivity index (χ2n) is 8.04. The van der Waals surface area contributed by atoms with Crippen LogP contribution in [-0.2, 0) is 11.3 Å². The summed E-state index contributed by atoms with van der Waals surface area (Å²) < 4.78 is 0. The lowest BCUT2D eigenvalue weighted by Gasteiger charge is -2.40. The van der Waals surface area contributed by atoms with Crippen molar-refractivity contribution in [3.63, 3.8) is 0 Å². The van der Waals surface area contributed by atoms with Gasteiger partial charge >= 0.3 is 0 Å². The van der Waals surface area contributed by atoms with Crippen LogP contribution in [0.5, 0.6) is 0 Å².